The number of benzene rings is 1. The van der Waals surface area contributed by atoms with Crippen molar-refractivity contribution in [2.24, 2.45) is 10.2 Å². The SMILES string of the molecule is CC1N=NC=[N+]1c1cc2c(cn1)[nH]c1ncc(-c3ccc(CN4CCCCC4)cc3)cc12. The second kappa shape index (κ2) is 7.91. The summed E-state index contributed by atoms with van der Waals surface area (Å²) in [4.78, 5) is 15.2. The monoisotopic (exact) mass is 424 g/mol. The maximum absolute atomic E-state index is 4.70. The van der Waals surface area contributed by atoms with Gasteiger partial charge in [0.25, 0.3) is 12.2 Å². The number of nitrogens with one attached hydrogen (secondary N) is 1. The Labute approximate surface area is 186 Å². The summed E-state index contributed by atoms with van der Waals surface area (Å²) in [5.41, 5.74) is 5.53. The van der Waals surface area contributed by atoms with Gasteiger partial charge in [-0.15, -0.1) is 4.98 Å². The molecule has 2 aliphatic rings. The van der Waals surface area contributed by atoms with Crippen molar-refractivity contribution in [2.45, 2.75) is 38.9 Å². The number of H-pyrrole nitrogens is 1. The number of pyridine rings is 2. The Morgan fingerprint density at radius 2 is 1.81 bits per heavy atom. The van der Waals surface area contributed by atoms with E-state index in [9.17, 15) is 0 Å². The Morgan fingerprint density at radius 3 is 2.59 bits per heavy atom. The molecule has 0 amide bonds. The quantitative estimate of drug-likeness (QED) is 0.455. The van der Waals surface area contributed by atoms with Crippen LogP contribution in [-0.2, 0) is 6.54 Å². The summed E-state index contributed by atoms with van der Waals surface area (Å²) in [6.07, 6.45) is 9.51. The lowest BCUT2D eigenvalue weighted by Gasteiger charge is -2.26. The lowest BCUT2D eigenvalue weighted by molar-refractivity contribution is -0.472. The fourth-order valence-electron chi connectivity index (χ4n) is 4.73. The molecule has 1 saturated heterocycles. The number of hydrogen-bond donors (Lipinski definition) is 1. The van der Waals surface area contributed by atoms with Crippen LogP contribution in [0.25, 0.3) is 33.1 Å². The van der Waals surface area contributed by atoms with E-state index in [1.165, 1.54) is 43.5 Å². The van der Waals surface area contributed by atoms with Crippen LogP contribution in [-0.4, -0.2) is 50.0 Å². The van der Waals surface area contributed by atoms with Crippen molar-refractivity contribution in [1.29, 1.82) is 0 Å². The van der Waals surface area contributed by atoms with Crippen LogP contribution in [0.2, 0.25) is 0 Å². The maximum atomic E-state index is 4.70. The first-order valence-corrected chi connectivity index (χ1v) is 11.4. The number of piperidine rings is 1. The summed E-state index contributed by atoms with van der Waals surface area (Å²) in [5.74, 6) is 0.836. The average molecular weight is 425 g/mol. The van der Waals surface area contributed by atoms with Gasteiger partial charge in [0, 0.05) is 35.1 Å². The summed E-state index contributed by atoms with van der Waals surface area (Å²) >= 11 is 0. The van der Waals surface area contributed by atoms with Gasteiger partial charge in [0.1, 0.15) is 11.8 Å². The van der Waals surface area contributed by atoms with Crippen molar-refractivity contribution >= 4 is 34.1 Å². The number of aromatic amines is 1. The van der Waals surface area contributed by atoms with E-state index in [0.717, 1.165) is 39.9 Å². The number of likely N-dealkylation sites (tertiary alicyclic amines) is 1. The van der Waals surface area contributed by atoms with Gasteiger partial charge in [0.2, 0.25) is 6.17 Å². The third kappa shape index (κ3) is 3.48. The molecule has 7 nitrogen and oxygen atoms in total. The van der Waals surface area contributed by atoms with Gasteiger partial charge in [-0.25, -0.2) is 9.56 Å². The van der Waals surface area contributed by atoms with Crippen LogP contribution < -0.4 is 0 Å². The molecule has 0 aliphatic carbocycles. The molecule has 3 aromatic heterocycles. The smallest absolute Gasteiger partial charge is 0.264 e. The molecule has 1 fully saturated rings. The Morgan fingerprint density at radius 1 is 0.969 bits per heavy atom. The molecule has 1 unspecified atom stereocenters. The molecule has 1 N–H and O–H groups in total. The van der Waals surface area contributed by atoms with Crippen molar-refractivity contribution in [2.75, 3.05) is 13.1 Å². The van der Waals surface area contributed by atoms with Gasteiger partial charge in [0.05, 0.1) is 5.52 Å². The first-order chi connectivity index (χ1) is 15.7. The van der Waals surface area contributed by atoms with E-state index >= 15 is 0 Å². The molecule has 6 rings (SSSR count). The van der Waals surface area contributed by atoms with Gasteiger partial charge in [-0.05, 0) is 55.2 Å². The van der Waals surface area contributed by atoms with Gasteiger partial charge < -0.3 is 4.98 Å². The minimum atomic E-state index is -0.0395. The highest BCUT2D eigenvalue weighted by molar-refractivity contribution is 6.07. The standard InChI is InChI=1S/C25H26N7/c1-17-30-28-16-32(17)24-12-21-22-11-20(13-27-25(22)29-23(21)14-26-24)19-7-5-18(6-8-19)15-31-9-3-2-4-10-31/h5-8,11-14,16-17H,2-4,9-10,15H2,1H3,(H,27,29)/q+1. The second-order valence-electron chi connectivity index (χ2n) is 8.75. The Hall–Kier alpha value is -3.45. The third-order valence-electron chi connectivity index (χ3n) is 6.54. The molecule has 2 aliphatic heterocycles. The van der Waals surface area contributed by atoms with E-state index in [0.29, 0.717) is 0 Å². The van der Waals surface area contributed by atoms with Gasteiger partial charge in [0.15, 0.2) is 0 Å². The molecular formula is C25H26N7+. The largest absolute Gasteiger partial charge is 0.337 e. The van der Waals surface area contributed by atoms with E-state index in [1.54, 1.807) is 6.34 Å². The highest BCUT2D eigenvalue weighted by atomic mass is 15.4. The van der Waals surface area contributed by atoms with Gasteiger partial charge >= 0.3 is 0 Å². The molecule has 160 valence electrons. The number of fused-ring (bicyclic) bond motifs is 3. The minimum absolute atomic E-state index is 0.0395. The zero-order valence-electron chi connectivity index (χ0n) is 18.2. The lowest BCUT2D eigenvalue weighted by Crippen LogP contribution is -2.28. The number of aromatic nitrogens is 3. The van der Waals surface area contributed by atoms with E-state index in [2.05, 4.69) is 61.5 Å². The summed E-state index contributed by atoms with van der Waals surface area (Å²) in [6, 6.07) is 13.2. The maximum Gasteiger partial charge on any atom is 0.264 e. The van der Waals surface area contributed by atoms with Crippen LogP contribution in [0.1, 0.15) is 31.7 Å². The van der Waals surface area contributed by atoms with E-state index in [-0.39, 0.29) is 6.17 Å². The first-order valence-electron chi connectivity index (χ1n) is 11.4. The van der Waals surface area contributed by atoms with Crippen LogP contribution in [0.4, 0.5) is 5.82 Å². The van der Waals surface area contributed by atoms with Crippen LogP contribution >= 0.6 is 0 Å². The van der Waals surface area contributed by atoms with Gasteiger partial charge in [-0.2, -0.15) is 0 Å². The van der Waals surface area contributed by atoms with E-state index in [4.69, 9.17) is 4.98 Å². The Bertz CT molecular complexity index is 1340. The van der Waals surface area contributed by atoms with Crippen molar-refractivity contribution in [3.05, 3.63) is 54.4 Å². The van der Waals surface area contributed by atoms with Crippen LogP contribution in [0, 0.1) is 0 Å². The number of rotatable bonds is 4. The van der Waals surface area contributed by atoms with Gasteiger partial charge in [-0.1, -0.05) is 35.8 Å². The average Bonchev–Trinajstić information content (AvgIpc) is 3.42. The highest BCUT2D eigenvalue weighted by Gasteiger charge is 2.21. The predicted molar refractivity (Wildman–Crippen MR) is 126 cm³/mol. The molecule has 0 radical (unpaired) electrons. The molecule has 32 heavy (non-hydrogen) atoms. The molecule has 0 bridgehead atoms. The summed E-state index contributed by atoms with van der Waals surface area (Å²) in [5, 5.41) is 10.4. The fraction of sp³-hybridized carbons (Fsp3) is 0.320. The summed E-state index contributed by atoms with van der Waals surface area (Å²) < 4.78 is 1.97. The third-order valence-corrected chi connectivity index (χ3v) is 6.54. The molecule has 1 aromatic carbocycles. The van der Waals surface area contributed by atoms with E-state index < -0.39 is 0 Å². The predicted octanol–water partition coefficient (Wildman–Crippen LogP) is 5.25. The van der Waals surface area contributed by atoms with Crippen molar-refractivity contribution in [3.8, 4) is 11.1 Å². The molecule has 5 heterocycles. The number of nitrogens with zero attached hydrogens (tertiary/aromatic N) is 6. The summed E-state index contributed by atoms with van der Waals surface area (Å²) in [7, 11) is 0. The van der Waals surface area contributed by atoms with Crippen molar-refractivity contribution < 1.29 is 4.58 Å². The van der Waals surface area contributed by atoms with Crippen LogP contribution in [0.5, 0.6) is 0 Å². The summed E-state index contributed by atoms with van der Waals surface area (Å²) in [6.45, 7) is 5.48. The highest BCUT2D eigenvalue weighted by Crippen LogP contribution is 2.31. The molecular weight excluding hydrogens is 398 g/mol. The fourth-order valence-corrected chi connectivity index (χ4v) is 4.73. The topological polar surface area (TPSA) is 72.5 Å². The Balaban J connectivity index is 1.32. The Kier molecular flexibility index (Phi) is 4.76. The molecule has 1 atom stereocenters. The molecule has 7 heteroatoms. The molecule has 4 aromatic rings. The molecule has 0 saturated carbocycles. The van der Waals surface area contributed by atoms with Crippen LogP contribution in [0.3, 0.4) is 0 Å². The number of hydrogen-bond acceptors (Lipinski definition) is 5. The van der Waals surface area contributed by atoms with Crippen molar-refractivity contribution in [3.63, 3.8) is 0 Å². The second-order valence-corrected chi connectivity index (χ2v) is 8.75. The number of azo groups is 1. The van der Waals surface area contributed by atoms with Crippen molar-refractivity contribution in [1.82, 2.24) is 19.9 Å². The van der Waals surface area contributed by atoms with Crippen LogP contribution in [0.15, 0.2) is 59.0 Å². The lowest BCUT2D eigenvalue weighted by atomic mass is 10.0. The van der Waals surface area contributed by atoms with Gasteiger partial charge in [-0.3, -0.25) is 4.90 Å². The zero-order valence-corrected chi connectivity index (χ0v) is 18.2. The first kappa shape index (κ1) is 19.3. The molecule has 0 spiro atoms. The minimum Gasteiger partial charge on any atom is -0.337 e. The van der Waals surface area contributed by atoms with E-state index in [1.807, 2.05) is 23.9 Å². The zero-order chi connectivity index (χ0) is 21.5. The normalized spacial score (nSPS) is 19.2.